The minimum atomic E-state index is 0.720. The van der Waals surface area contributed by atoms with Crippen LogP contribution in [0.5, 0.6) is 11.5 Å². The number of rotatable bonds is 7. The molecule has 158 valence electrons. The van der Waals surface area contributed by atoms with Gasteiger partial charge in [-0.25, -0.2) is 4.99 Å². The van der Waals surface area contributed by atoms with Crippen molar-refractivity contribution in [3.05, 3.63) is 94.1 Å². The highest BCUT2D eigenvalue weighted by Crippen LogP contribution is 2.32. The van der Waals surface area contributed by atoms with Crippen molar-refractivity contribution in [2.45, 2.75) is 19.9 Å². The minimum Gasteiger partial charge on any atom is -0.493 e. The third-order valence-electron chi connectivity index (χ3n) is 5.17. The molecule has 1 aromatic heterocycles. The summed E-state index contributed by atoms with van der Waals surface area (Å²) in [5.41, 5.74) is 5.67. The zero-order chi connectivity index (χ0) is 21.6. The lowest BCUT2D eigenvalue weighted by atomic mass is 10.1. The lowest BCUT2D eigenvalue weighted by Crippen LogP contribution is -2.17. The van der Waals surface area contributed by atoms with E-state index in [1.807, 2.05) is 24.3 Å². The summed E-state index contributed by atoms with van der Waals surface area (Å²) in [6.07, 6.45) is 0.929. The number of aryl methyl sites for hydroxylation is 2. The number of hydrogen-bond donors (Lipinski definition) is 0. The summed E-state index contributed by atoms with van der Waals surface area (Å²) in [5, 5.41) is 2.17. The van der Waals surface area contributed by atoms with Crippen LogP contribution in [-0.4, -0.2) is 18.8 Å². The number of thiazole rings is 1. The average molecular weight is 431 g/mol. The van der Waals surface area contributed by atoms with Crippen molar-refractivity contribution >= 4 is 17.0 Å². The number of benzene rings is 3. The van der Waals surface area contributed by atoms with Gasteiger partial charge in [-0.05, 0) is 54.8 Å². The lowest BCUT2D eigenvalue weighted by molar-refractivity contribution is 0.355. The monoisotopic (exact) mass is 430 g/mol. The Labute approximate surface area is 187 Å². The highest BCUT2D eigenvalue weighted by molar-refractivity contribution is 7.07. The van der Waals surface area contributed by atoms with Gasteiger partial charge in [0, 0.05) is 17.5 Å². The number of ether oxygens (including phenoxy) is 2. The Morgan fingerprint density at radius 2 is 1.68 bits per heavy atom. The molecule has 0 aliphatic carbocycles. The van der Waals surface area contributed by atoms with Crippen LogP contribution in [-0.2, 0) is 13.0 Å². The van der Waals surface area contributed by atoms with Crippen LogP contribution in [0.15, 0.2) is 83.2 Å². The molecule has 0 spiro atoms. The normalized spacial score (nSPS) is 11.5. The Bertz CT molecular complexity index is 1230. The summed E-state index contributed by atoms with van der Waals surface area (Å²) in [5.74, 6) is 1.44. The predicted molar refractivity (Wildman–Crippen MR) is 127 cm³/mol. The quantitative estimate of drug-likeness (QED) is 0.360. The van der Waals surface area contributed by atoms with Crippen LogP contribution >= 0.6 is 11.3 Å². The standard InChI is InChI=1S/C26H26N2O2S/c1-19-8-7-11-22(16-19)27-26-28(15-14-20-9-5-4-6-10-20)23(18-31-26)21-12-13-24(29-2)25(17-21)30-3/h4-13,16-18H,14-15H2,1-3H3. The van der Waals surface area contributed by atoms with Crippen molar-refractivity contribution in [3.63, 3.8) is 0 Å². The number of methoxy groups -OCH3 is 2. The average Bonchev–Trinajstić information content (AvgIpc) is 3.20. The molecule has 0 saturated carbocycles. The maximum Gasteiger partial charge on any atom is 0.190 e. The molecule has 4 rings (SSSR count). The molecule has 31 heavy (non-hydrogen) atoms. The van der Waals surface area contributed by atoms with Gasteiger partial charge >= 0.3 is 0 Å². The van der Waals surface area contributed by atoms with Crippen molar-refractivity contribution < 1.29 is 9.47 Å². The SMILES string of the molecule is COc1ccc(-c2csc(=Nc3cccc(C)c3)n2CCc2ccccc2)cc1OC. The molecule has 4 nitrogen and oxygen atoms in total. The fourth-order valence-electron chi connectivity index (χ4n) is 3.55. The van der Waals surface area contributed by atoms with E-state index in [1.54, 1.807) is 25.6 Å². The fourth-order valence-corrected chi connectivity index (χ4v) is 4.51. The second kappa shape index (κ2) is 9.67. The molecule has 5 heteroatoms. The first-order chi connectivity index (χ1) is 15.2. The first-order valence-corrected chi connectivity index (χ1v) is 11.1. The van der Waals surface area contributed by atoms with Gasteiger partial charge in [0.15, 0.2) is 16.3 Å². The molecule has 0 amide bonds. The Balaban J connectivity index is 1.79. The highest BCUT2D eigenvalue weighted by Gasteiger charge is 2.12. The third kappa shape index (κ3) is 4.89. The number of nitrogens with zero attached hydrogens (tertiary/aromatic N) is 2. The van der Waals surface area contributed by atoms with Crippen molar-refractivity contribution in [2.24, 2.45) is 4.99 Å². The van der Waals surface area contributed by atoms with Crippen LogP contribution in [0.1, 0.15) is 11.1 Å². The highest BCUT2D eigenvalue weighted by atomic mass is 32.1. The van der Waals surface area contributed by atoms with E-state index in [9.17, 15) is 0 Å². The van der Waals surface area contributed by atoms with Crippen LogP contribution in [0, 0.1) is 6.92 Å². The van der Waals surface area contributed by atoms with Gasteiger partial charge in [-0.2, -0.15) is 0 Å². The molecule has 0 radical (unpaired) electrons. The van der Waals surface area contributed by atoms with Gasteiger partial charge < -0.3 is 14.0 Å². The van der Waals surface area contributed by atoms with E-state index in [0.717, 1.165) is 46.2 Å². The smallest absolute Gasteiger partial charge is 0.190 e. The van der Waals surface area contributed by atoms with E-state index in [-0.39, 0.29) is 0 Å². The zero-order valence-corrected chi connectivity index (χ0v) is 18.9. The van der Waals surface area contributed by atoms with Crippen molar-refractivity contribution in [1.82, 2.24) is 4.57 Å². The first-order valence-electron chi connectivity index (χ1n) is 10.2. The van der Waals surface area contributed by atoms with Gasteiger partial charge in [0.25, 0.3) is 0 Å². The molecular formula is C26H26N2O2S. The molecule has 0 atom stereocenters. The molecule has 0 unspecified atom stereocenters. The first kappa shape index (κ1) is 20.9. The molecule has 0 N–H and O–H groups in total. The van der Waals surface area contributed by atoms with Crippen LogP contribution in [0.3, 0.4) is 0 Å². The van der Waals surface area contributed by atoms with Gasteiger partial charge in [-0.15, -0.1) is 11.3 Å². The molecule has 0 bridgehead atoms. The molecule has 1 heterocycles. The van der Waals surface area contributed by atoms with Gasteiger partial charge in [0.2, 0.25) is 0 Å². The maximum absolute atomic E-state index is 5.53. The van der Waals surface area contributed by atoms with Crippen LogP contribution in [0.2, 0.25) is 0 Å². The van der Waals surface area contributed by atoms with Crippen LogP contribution < -0.4 is 14.3 Å². The molecule has 4 aromatic rings. The fraction of sp³-hybridized carbons (Fsp3) is 0.192. The van der Waals surface area contributed by atoms with E-state index in [4.69, 9.17) is 14.5 Å². The second-order valence-electron chi connectivity index (χ2n) is 7.31. The Morgan fingerprint density at radius 1 is 0.871 bits per heavy atom. The van der Waals surface area contributed by atoms with E-state index in [2.05, 4.69) is 65.4 Å². The van der Waals surface area contributed by atoms with E-state index in [1.165, 1.54) is 11.1 Å². The predicted octanol–water partition coefficient (Wildman–Crippen LogP) is 6.02. The molecule has 0 aliphatic heterocycles. The van der Waals surface area contributed by atoms with Crippen molar-refractivity contribution in [2.75, 3.05) is 14.2 Å². The van der Waals surface area contributed by atoms with Crippen molar-refractivity contribution in [1.29, 1.82) is 0 Å². The summed E-state index contributed by atoms with van der Waals surface area (Å²) in [4.78, 5) is 5.94. The molecule has 0 fully saturated rings. The van der Waals surface area contributed by atoms with Gasteiger partial charge in [-0.3, -0.25) is 0 Å². The molecule has 3 aromatic carbocycles. The van der Waals surface area contributed by atoms with E-state index < -0.39 is 0 Å². The van der Waals surface area contributed by atoms with Crippen LogP contribution in [0.4, 0.5) is 5.69 Å². The van der Waals surface area contributed by atoms with Gasteiger partial charge in [-0.1, -0.05) is 42.5 Å². The summed E-state index contributed by atoms with van der Waals surface area (Å²) >= 11 is 1.65. The summed E-state index contributed by atoms with van der Waals surface area (Å²) in [6, 6.07) is 24.9. The molecule has 0 saturated heterocycles. The summed E-state index contributed by atoms with van der Waals surface area (Å²) in [6.45, 7) is 2.92. The second-order valence-corrected chi connectivity index (χ2v) is 8.15. The van der Waals surface area contributed by atoms with Gasteiger partial charge in [0.1, 0.15) is 0 Å². The third-order valence-corrected chi connectivity index (χ3v) is 6.03. The van der Waals surface area contributed by atoms with E-state index in [0.29, 0.717) is 0 Å². The lowest BCUT2D eigenvalue weighted by Gasteiger charge is -2.12. The van der Waals surface area contributed by atoms with Crippen LogP contribution in [0.25, 0.3) is 11.3 Å². The number of hydrogen-bond acceptors (Lipinski definition) is 4. The zero-order valence-electron chi connectivity index (χ0n) is 18.0. The number of aromatic nitrogens is 1. The minimum absolute atomic E-state index is 0.720. The van der Waals surface area contributed by atoms with Gasteiger partial charge in [0.05, 0.1) is 25.6 Å². The van der Waals surface area contributed by atoms with Crippen molar-refractivity contribution in [3.8, 4) is 22.8 Å². The Hall–Kier alpha value is -3.31. The Morgan fingerprint density at radius 3 is 2.42 bits per heavy atom. The summed E-state index contributed by atoms with van der Waals surface area (Å²) in [7, 11) is 3.32. The largest absolute Gasteiger partial charge is 0.493 e. The maximum atomic E-state index is 5.53. The van der Waals surface area contributed by atoms with E-state index >= 15 is 0 Å². The Kier molecular flexibility index (Phi) is 6.53. The topological polar surface area (TPSA) is 35.8 Å². The molecule has 0 aliphatic rings. The summed E-state index contributed by atoms with van der Waals surface area (Å²) < 4.78 is 13.2. The molecular weight excluding hydrogens is 404 g/mol.